The number of hydrogen-bond acceptors (Lipinski definition) is 3. The highest BCUT2D eigenvalue weighted by Gasteiger charge is 2.00. The van der Waals surface area contributed by atoms with Crippen molar-refractivity contribution in [1.29, 1.82) is 0 Å². The minimum Gasteiger partial charge on any atom is -0.479 e. The van der Waals surface area contributed by atoms with Gasteiger partial charge in [0.1, 0.15) is 0 Å². The van der Waals surface area contributed by atoms with Crippen LogP contribution in [-0.4, -0.2) is 23.4 Å². The summed E-state index contributed by atoms with van der Waals surface area (Å²) in [7, 11) is 0. The minimum atomic E-state index is -1.03. The number of hydrogen-bond donors (Lipinski definition) is 1. The molecule has 4 nitrogen and oxygen atoms in total. The molecule has 17 heavy (non-hydrogen) atoms. The second-order valence-corrected chi connectivity index (χ2v) is 3.79. The first-order chi connectivity index (χ1) is 8.13. The maximum Gasteiger partial charge on any atom is 0.344 e. The van der Waals surface area contributed by atoms with Crippen molar-refractivity contribution in [2.45, 2.75) is 26.7 Å². The molecule has 0 aliphatic rings. The van der Waals surface area contributed by atoms with E-state index >= 15 is 0 Å². The summed E-state index contributed by atoms with van der Waals surface area (Å²) in [5, 5.41) is 12.1. The lowest BCUT2D eigenvalue weighted by atomic mass is 10.1. The standard InChI is InChI=1S/C13H17NO3/c1-3-4-11-5-7-12(8-6-11)10(2)14-17-9-13(15)16/h5-8H,3-4,9H2,1-2H3,(H,15,16). The molecular weight excluding hydrogens is 218 g/mol. The van der Waals surface area contributed by atoms with Crippen LogP contribution in [0.15, 0.2) is 29.4 Å². The van der Waals surface area contributed by atoms with Gasteiger partial charge in [0.15, 0.2) is 0 Å². The highest BCUT2D eigenvalue weighted by Crippen LogP contribution is 2.08. The Morgan fingerprint density at radius 2 is 2.00 bits per heavy atom. The number of nitrogens with zero attached hydrogens (tertiary/aromatic N) is 1. The van der Waals surface area contributed by atoms with E-state index in [-0.39, 0.29) is 0 Å². The Balaban J connectivity index is 2.62. The normalized spacial score (nSPS) is 11.3. The lowest BCUT2D eigenvalue weighted by Crippen LogP contribution is -2.05. The summed E-state index contributed by atoms with van der Waals surface area (Å²) < 4.78 is 0. The Kier molecular flexibility index (Phi) is 5.20. The maximum absolute atomic E-state index is 10.2. The van der Waals surface area contributed by atoms with E-state index in [1.165, 1.54) is 5.56 Å². The van der Waals surface area contributed by atoms with Crippen LogP contribution in [0.3, 0.4) is 0 Å². The molecule has 1 aromatic rings. The predicted octanol–water partition coefficient (Wildman–Crippen LogP) is 2.46. The molecular formula is C13H17NO3. The summed E-state index contributed by atoms with van der Waals surface area (Å²) in [6.45, 7) is 3.52. The van der Waals surface area contributed by atoms with Crippen LogP contribution in [0.5, 0.6) is 0 Å². The van der Waals surface area contributed by atoms with Crippen LogP contribution in [0.25, 0.3) is 0 Å². The van der Waals surface area contributed by atoms with E-state index in [2.05, 4.69) is 29.0 Å². The van der Waals surface area contributed by atoms with Crippen molar-refractivity contribution < 1.29 is 14.7 Å². The molecule has 0 heterocycles. The van der Waals surface area contributed by atoms with E-state index in [0.717, 1.165) is 18.4 Å². The van der Waals surface area contributed by atoms with Crippen LogP contribution in [-0.2, 0) is 16.1 Å². The minimum absolute atomic E-state index is 0.411. The van der Waals surface area contributed by atoms with Crippen molar-refractivity contribution in [2.24, 2.45) is 5.16 Å². The molecule has 1 rings (SSSR count). The van der Waals surface area contributed by atoms with Crippen LogP contribution in [0.2, 0.25) is 0 Å². The van der Waals surface area contributed by atoms with Crippen LogP contribution < -0.4 is 0 Å². The molecule has 4 heteroatoms. The number of carboxylic acids is 1. The largest absolute Gasteiger partial charge is 0.479 e. The van der Waals surface area contributed by atoms with Gasteiger partial charge >= 0.3 is 5.97 Å². The quantitative estimate of drug-likeness (QED) is 0.608. The average Bonchev–Trinajstić information content (AvgIpc) is 2.30. The van der Waals surface area contributed by atoms with E-state index < -0.39 is 12.6 Å². The molecule has 1 N–H and O–H groups in total. The Bertz CT molecular complexity index is 396. The van der Waals surface area contributed by atoms with Crippen LogP contribution in [0.4, 0.5) is 0 Å². The van der Waals surface area contributed by atoms with Crippen molar-refractivity contribution in [3.05, 3.63) is 35.4 Å². The van der Waals surface area contributed by atoms with Crippen LogP contribution in [0.1, 0.15) is 31.4 Å². The van der Waals surface area contributed by atoms with Crippen molar-refractivity contribution in [3.8, 4) is 0 Å². The molecule has 0 radical (unpaired) electrons. The molecule has 0 spiro atoms. The van der Waals surface area contributed by atoms with Gasteiger partial charge in [0.05, 0.1) is 5.71 Å². The maximum atomic E-state index is 10.2. The molecule has 0 saturated carbocycles. The third-order valence-corrected chi connectivity index (χ3v) is 2.30. The summed E-state index contributed by atoms with van der Waals surface area (Å²) in [5.74, 6) is -1.03. The lowest BCUT2D eigenvalue weighted by Gasteiger charge is -2.03. The first-order valence-electron chi connectivity index (χ1n) is 5.61. The Morgan fingerprint density at radius 1 is 1.35 bits per heavy atom. The molecule has 0 aliphatic carbocycles. The number of carbonyl (C=O) groups is 1. The molecule has 0 aromatic heterocycles. The monoisotopic (exact) mass is 235 g/mol. The topological polar surface area (TPSA) is 58.9 Å². The molecule has 0 fully saturated rings. The SMILES string of the molecule is CCCc1ccc(C(C)=NOCC(=O)O)cc1. The highest BCUT2D eigenvalue weighted by molar-refractivity contribution is 5.98. The molecule has 0 aliphatic heterocycles. The zero-order valence-corrected chi connectivity index (χ0v) is 10.1. The summed E-state index contributed by atoms with van der Waals surface area (Å²) in [4.78, 5) is 14.9. The van der Waals surface area contributed by atoms with Crippen molar-refractivity contribution in [1.82, 2.24) is 0 Å². The number of carboxylic acid groups (broad SMARTS) is 1. The molecule has 1 aromatic carbocycles. The highest BCUT2D eigenvalue weighted by atomic mass is 16.6. The summed E-state index contributed by atoms with van der Waals surface area (Å²) in [5.41, 5.74) is 2.90. The lowest BCUT2D eigenvalue weighted by molar-refractivity contribution is -0.142. The summed E-state index contributed by atoms with van der Waals surface area (Å²) in [6.07, 6.45) is 2.18. The Labute approximate surface area is 101 Å². The van der Waals surface area contributed by atoms with E-state index in [9.17, 15) is 4.79 Å². The van der Waals surface area contributed by atoms with Gasteiger partial charge in [0, 0.05) is 0 Å². The molecule has 0 unspecified atom stereocenters. The number of aryl methyl sites for hydroxylation is 1. The average molecular weight is 235 g/mol. The van der Waals surface area contributed by atoms with Gasteiger partial charge in [-0.2, -0.15) is 0 Å². The van der Waals surface area contributed by atoms with Gasteiger partial charge in [0.25, 0.3) is 0 Å². The fourth-order valence-electron chi connectivity index (χ4n) is 1.44. The Morgan fingerprint density at radius 3 is 2.53 bits per heavy atom. The van der Waals surface area contributed by atoms with E-state index in [4.69, 9.17) is 5.11 Å². The summed E-state index contributed by atoms with van der Waals surface area (Å²) in [6, 6.07) is 8.03. The van der Waals surface area contributed by atoms with Gasteiger partial charge in [-0.1, -0.05) is 42.8 Å². The van der Waals surface area contributed by atoms with E-state index in [0.29, 0.717) is 5.71 Å². The zero-order chi connectivity index (χ0) is 12.7. The van der Waals surface area contributed by atoms with E-state index in [1.54, 1.807) is 6.92 Å². The van der Waals surface area contributed by atoms with Gasteiger partial charge in [-0.15, -0.1) is 0 Å². The molecule has 0 atom stereocenters. The molecule has 92 valence electrons. The summed E-state index contributed by atoms with van der Waals surface area (Å²) >= 11 is 0. The Hall–Kier alpha value is -1.84. The van der Waals surface area contributed by atoms with Gasteiger partial charge in [-0.25, -0.2) is 4.79 Å². The smallest absolute Gasteiger partial charge is 0.344 e. The van der Waals surface area contributed by atoms with Gasteiger partial charge in [0.2, 0.25) is 6.61 Å². The van der Waals surface area contributed by atoms with Gasteiger partial charge in [-0.05, 0) is 24.5 Å². The predicted molar refractivity (Wildman–Crippen MR) is 66.2 cm³/mol. The first-order valence-corrected chi connectivity index (χ1v) is 5.61. The van der Waals surface area contributed by atoms with Crippen molar-refractivity contribution >= 4 is 11.7 Å². The number of rotatable bonds is 6. The first kappa shape index (κ1) is 13.2. The molecule has 0 amide bonds. The van der Waals surface area contributed by atoms with Crippen LogP contribution >= 0.6 is 0 Å². The number of aliphatic carboxylic acids is 1. The van der Waals surface area contributed by atoms with Crippen molar-refractivity contribution in [2.75, 3.05) is 6.61 Å². The third-order valence-electron chi connectivity index (χ3n) is 2.30. The zero-order valence-electron chi connectivity index (χ0n) is 10.1. The second-order valence-electron chi connectivity index (χ2n) is 3.79. The number of oxime groups is 1. The van der Waals surface area contributed by atoms with E-state index in [1.807, 2.05) is 12.1 Å². The third kappa shape index (κ3) is 4.68. The molecule has 0 bridgehead atoms. The molecule has 0 saturated heterocycles. The second kappa shape index (κ2) is 6.68. The van der Waals surface area contributed by atoms with Gasteiger partial charge in [-0.3, -0.25) is 0 Å². The van der Waals surface area contributed by atoms with Gasteiger partial charge < -0.3 is 9.94 Å². The fourth-order valence-corrected chi connectivity index (χ4v) is 1.44. The van der Waals surface area contributed by atoms with Crippen molar-refractivity contribution in [3.63, 3.8) is 0 Å². The number of benzene rings is 1. The fraction of sp³-hybridized carbons (Fsp3) is 0.385. The van der Waals surface area contributed by atoms with Crippen LogP contribution in [0, 0.1) is 0 Å².